The fraction of sp³-hybridized carbons (Fsp3) is 0.273. The summed E-state index contributed by atoms with van der Waals surface area (Å²) in [5, 5.41) is 0. The van der Waals surface area contributed by atoms with E-state index in [-0.39, 0.29) is 0 Å². The standard InChI is InChI=1S/C9H10N2OS.C2H6O/c1-3-7-6(4-11-2)9(10)8(5-12)13-7;1-3-2/h3-5H,1,10H2,2H3;1-2H3. The number of hydrogen-bond donors (Lipinski definition) is 1. The molecule has 1 heterocycles. The van der Waals surface area contributed by atoms with Crippen LogP contribution in [0, 0.1) is 0 Å². The van der Waals surface area contributed by atoms with Crippen molar-refractivity contribution in [3.8, 4) is 0 Å². The highest BCUT2D eigenvalue weighted by Crippen LogP contribution is 2.29. The molecule has 0 unspecified atom stereocenters. The molecule has 1 aromatic rings. The third-order valence-electron chi connectivity index (χ3n) is 1.59. The van der Waals surface area contributed by atoms with Gasteiger partial charge in [0.1, 0.15) is 0 Å². The van der Waals surface area contributed by atoms with Crippen LogP contribution in [-0.4, -0.2) is 33.8 Å². The molecule has 0 bridgehead atoms. The number of nitrogen functional groups attached to an aromatic ring is 1. The zero-order valence-corrected chi connectivity index (χ0v) is 10.5. The number of nitrogens with zero attached hydrogens (tertiary/aromatic N) is 1. The largest absolute Gasteiger partial charge is 0.397 e. The Balaban J connectivity index is 0.000000673. The van der Waals surface area contributed by atoms with Crippen molar-refractivity contribution in [2.45, 2.75) is 0 Å². The molecule has 0 aromatic carbocycles. The summed E-state index contributed by atoms with van der Waals surface area (Å²) in [5.74, 6) is 0. The maximum absolute atomic E-state index is 10.6. The normalized spacial score (nSPS) is 9.69. The van der Waals surface area contributed by atoms with Crippen molar-refractivity contribution < 1.29 is 9.53 Å². The molecule has 0 atom stereocenters. The van der Waals surface area contributed by atoms with Gasteiger partial charge in [-0.2, -0.15) is 0 Å². The van der Waals surface area contributed by atoms with Crippen LogP contribution in [0.2, 0.25) is 0 Å². The molecular formula is C11H16N2O2S. The van der Waals surface area contributed by atoms with Crippen LogP contribution in [-0.2, 0) is 4.74 Å². The predicted molar refractivity (Wildman–Crippen MR) is 70.7 cm³/mol. The fourth-order valence-corrected chi connectivity index (χ4v) is 1.86. The maximum atomic E-state index is 10.6. The van der Waals surface area contributed by atoms with Gasteiger partial charge in [0.25, 0.3) is 0 Å². The number of hydrogen-bond acceptors (Lipinski definition) is 5. The van der Waals surface area contributed by atoms with Crippen LogP contribution in [0.25, 0.3) is 6.08 Å². The summed E-state index contributed by atoms with van der Waals surface area (Å²) in [4.78, 5) is 15.8. The summed E-state index contributed by atoms with van der Waals surface area (Å²) < 4.78 is 4.25. The molecule has 0 spiro atoms. The van der Waals surface area contributed by atoms with Gasteiger partial charge in [-0.15, -0.1) is 11.3 Å². The summed E-state index contributed by atoms with van der Waals surface area (Å²) in [6.45, 7) is 3.64. The molecule has 0 fully saturated rings. The molecule has 1 rings (SSSR count). The lowest BCUT2D eigenvalue weighted by atomic mass is 10.2. The lowest BCUT2D eigenvalue weighted by Gasteiger charge is -1.92. The molecule has 88 valence electrons. The van der Waals surface area contributed by atoms with E-state index >= 15 is 0 Å². The topological polar surface area (TPSA) is 64.7 Å². The van der Waals surface area contributed by atoms with E-state index in [0.717, 1.165) is 16.7 Å². The molecule has 0 aliphatic carbocycles. The van der Waals surface area contributed by atoms with E-state index in [1.165, 1.54) is 11.3 Å². The fourth-order valence-electron chi connectivity index (χ4n) is 0.995. The zero-order chi connectivity index (χ0) is 12.6. The predicted octanol–water partition coefficient (Wildman–Crippen LogP) is 2.10. The van der Waals surface area contributed by atoms with Gasteiger partial charge in [-0.1, -0.05) is 12.7 Å². The van der Waals surface area contributed by atoms with Gasteiger partial charge in [0.2, 0.25) is 0 Å². The van der Waals surface area contributed by atoms with Crippen LogP contribution in [0.15, 0.2) is 11.6 Å². The first-order valence-electron chi connectivity index (χ1n) is 4.48. The Kier molecular flexibility index (Phi) is 7.07. The molecule has 2 N–H and O–H groups in total. The highest BCUT2D eigenvalue weighted by molar-refractivity contribution is 7.15. The molecule has 1 aromatic heterocycles. The maximum Gasteiger partial charge on any atom is 0.162 e. The highest BCUT2D eigenvalue weighted by atomic mass is 32.1. The molecule has 0 saturated carbocycles. The Morgan fingerprint density at radius 3 is 2.38 bits per heavy atom. The van der Waals surface area contributed by atoms with Crippen LogP contribution in [0.3, 0.4) is 0 Å². The second kappa shape index (κ2) is 7.78. The van der Waals surface area contributed by atoms with Gasteiger partial charge >= 0.3 is 0 Å². The SMILES string of the molecule is C=Cc1sc(C=O)c(N)c1C=NC.COC. The Bertz CT molecular complexity index is 384. The number of thiophene rings is 1. The number of ether oxygens (including phenoxy) is 1. The van der Waals surface area contributed by atoms with Gasteiger partial charge in [0.05, 0.1) is 10.6 Å². The number of nitrogens with two attached hydrogens (primary N) is 1. The molecule has 4 nitrogen and oxygen atoms in total. The van der Waals surface area contributed by atoms with Gasteiger partial charge in [0.15, 0.2) is 6.29 Å². The van der Waals surface area contributed by atoms with Gasteiger partial charge in [0, 0.05) is 37.9 Å². The van der Waals surface area contributed by atoms with E-state index in [9.17, 15) is 4.79 Å². The minimum absolute atomic E-state index is 0.487. The first-order chi connectivity index (χ1) is 7.65. The number of rotatable bonds is 3. The number of aliphatic imine (C=N–C) groups is 1. The molecule has 16 heavy (non-hydrogen) atoms. The minimum atomic E-state index is 0.487. The van der Waals surface area contributed by atoms with Crippen molar-refractivity contribution in [3.63, 3.8) is 0 Å². The molecule has 0 aliphatic heterocycles. The molecule has 5 heteroatoms. The van der Waals surface area contributed by atoms with Gasteiger partial charge < -0.3 is 10.5 Å². The van der Waals surface area contributed by atoms with Crippen molar-refractivity contribution >= 4 is 35.6 Å². The lowest BCUT2D eigenvalue weighted by Crippen LogP contribution is -1.92. The minimum Gasteiger partial charge on any atom is -0.397 e. The van der Waals surface area contributed by atoms with E-state index in [0.29, 0.717) is 10.6 Å². The van der Waals surface area contributed by atoms with Crippen molar-refractivity contribution in [1.82, 2.24) is 0 Å². The lowest BCUT2D eigenvalue weighted by molar-refractivity contribution is 0.112. The first kappa shape index (κ1) is 14.5. The van der Waals surface area contributed by atoms with Gasteiger partial charge in [-0.25, -0.2) is 0 Å². The van der Waals surface area contributed by atoms with E-state index in [1.54, 1.807) is 33.6 Å². The van der Waals surface area contributed by atoms with Crippen molar-refractivity contribution in [1.29, 1.82) is 0 Å². The number of carbonyl (C=O) groups is 1. The van der Waals surface area contributed by atoms with Gasteiger partial charge in [-0.3, -0.25) is 9.79 Å². The van der Waals surface area contributed by atoms with Crippen molar-refractivity contribution in [3.05, 3.63) is 21.9 Å². The third-order valence-corrected chi connectivity index (χ3v) is 2.73. The van der Waals surface area contributed by atoms with Crippen molar-refractivity contribution in [2.24, 2.45) is 4.99 Å². The quantitative estimate of drug-likeness (QED) is 0.650. The third kappa shape index (κ3) is 3.60. The van der Waals surface area contributed by atoms with Crippen molar-refractivity contribution in [2.75, 3.05) is 27.0 Å². The van der Waals surface area contributed by atoms with E-state index in [4.69, 9.17) is 5.73 Å². The number of anilines is 1. The second-order valence-electron chi connectivity index (χ2n) is 2.78. The number of aldehydes is 1. The average Bonchev–Trinajstić information content (AvgIpc) is 2.58. The Hall–Kier alpha value is -1.46. The molecule has 0 saturated heterocycles. The molecule has 0 amide bonds. The van der Waals surface area contributed by atoms with Gasteiger partial charge in [-0.05, 0) is 0 Å². The average molecular weight is 240 g/mol. The summed E-state index contributed by atoms with van der Waals surface area (Å²) in [6.07, 6.45) is 4.06. The summed E-state index contributed by atoms with van der Waals surface area (Å²) in [7, 11) is 4.91. The Labute approximate surface area is 99.5 Å². The Morgan fingerprint density at radius 1 is 1.44 bits per heavy atom. The van der Waals surface area contributed by atoms with Crippen LogP contribution >= 0.6 is 11.3 Å². The molecular weight excluding hydrogens is 224 g/mol. The summed E-state index contributed by atoms with van der Waals surface area (Å²) >= 11 is 1.32. The number of methoxy groups -OCH3 is 1. The van der Waals surface area contributed by atoms with Crippen LogP contribution < -0.4 is 5.73 Å². The summed E-state index contributed by atoms with van der Waals surface area (Å²) in [5.41, 5.74) is 6.99. The van der Waals surface area contributed by atoms with E-state index in [2.05, 4.69) is 16.3 Å². The number of carbonyl (C=O) groups excluding carboxylic acids is 1. The second-order valence-corrected chi connectivity index (χ2v) is 3.86. The molecule has 0 radical (unpaired) electrons. The molecule has 0 aliphatic rings. The van der Waals surface area contributed by atoms with Crippen LogP contribution in [0.5, 0.6) is 0 Å². The van der Waals surface area contributed by atoms with E-state index in [1.807, 2.05) is 0 Å². The highest BCUT2D eigenvalue weighted by Gasteiger charge is 2.10. The smallest absolute Gasteiger partial charge is 0.162 e. The first-order valence-corrected chi connectivity index (χ1v) is 5.30. The van der Waals surface area contributed by atoms with E-state index < -0.39 is 0 Å². The monoisotopic (exact) mass is 240 g/mol. The Morgan fingerprint density at radius 2 is 2.00 bits per heavy atom. The van der Waals surface area contributed by atoms with Crippen LogP contribution in [0.4, 0.5) is 5.69 Å². The summed E-state index contributed by atoms with van der Waals surface area (Å²) in [6, 6.07) is 0. The zero-order valence-electron chi connectivity index (χ0n) is 9.69. The van der Waals surface area contributed by atoms with Crippen LogP contribution in [0.1, 0.15) is 20.1 Å².